The monoisotopic (exact) mass is 367 g/mol. The predicted octanol–water partition coefficient (Wildman–Crippen LogP) is 4.96. The van der Waals surface area contributed by atoms with Gasteiger partial charge in [-0.05, 0) is 31.2 Å². The lowest BCUT2D eigenvalue weighted by Gasteiger charge is -2.23. The molecular formula is C25H23N2O+. The minimum atomic E-state index is -0.0169. The van der Waals surface area contributed by atoms with Crippen molar-refractivity contribution in [3.63, 3.8) is 0 Å². The number of aryl methyl sites for hydroxylation is 2. The first-order chi connectivity index (χ1) is 13.6. The smallest absolute Gasteiger partial charge is 0.260 e. The highest BCUT2D eigenvalue weighted by atomic mass is 16.2. The van der Waals surface area contributed by atoms with Crippen molar-refractivity contribution in [1.82, 2.24) is 0 Å². The summed E-state index contributed by atoms with van der Waals surface area (Å²) < 4.78 is 2.14. The average molecular weight is 367 g/mol. The van der Waals surface area contributed by atoms with Crippen molar-refractivity contribution in [1.29, 1.82) is 0 Å². The molecule has 0 fully saturated rings. The summed E-state index contributed by atoms with van der Waals surface area (Å²) in [4.78, 5) is 15.6. The van der Waals surface area contributed by atoms with Crippen LogP contribution >= 0.6 is 0 Å². The van der Waals surface area contributed by atoms with E-state index in [-0.39, 0.29) is 5.91 Å². The second-order valence-electron chi connectivity index (χ2n) is 7.01. The number of benzene rings is 3. The number of carbonyl (C=O) groups excluding carboxylic acids is 1. The van der Waals surface area contributed by atoms with Gasteiger partial charge in [-0.1, -0.05) is 48.0 Å². The third-order valence-corrected chi connectivity index (χ3v) is 5.19. The molecule has 0 spiro atoms. The molecule has 3 nitrogen and oxygen atoms in total. The van der Waals surface area contributed by atoms with Gasteiger partial charge in [-0.15, -0.1) is 6.58 Å². The average Bonchev–Trinajstić information content (AvgIpc) is 2.73. The van der Waals surface area contributed by atoms with E-state index in [1.165, 1.54) is 0 Å². The Hall–Kier alpha value is -3.46. The van der Waals surface area contributed by atoms with Crippen LogP contribution in [-0.2, 0) is 7.05 Å². The summed E-state index contributed by atoms with van der Waals surface area (Å²) in [5.41, 5.74) is 4.83. The molecule has 4 rings (SSSR count). The SMILES string of the molecule is C=CCN(C(=O)c1c2ccccc2[n+](C)c2ccccc12)c1ccc(C)cc1. The predicted molar refractivity (Wildman–Crippen MR) is 116 cm³/mol. The lowest BCUT2D eigenvalue weighted by atomic mass is 10.0. The van der Waals surface area contributed by atoms with Crippen LogP contribution in [0.2, 0.25) is 0 Å². The van der Waals surface area contributed by atoms with Gasteiger partial charge in [-0.3, -0.25) is 4.79 Å². The van der Waals surface area contributed by atoms with Crippen LogP contribution in [0.5, 0.6) is 0 Å². The van der Waals surface area contributed by atoms with Gasteiger partial charge in [-0.25, -0.2) is 0 Å². The van der Waals surface area contributed by atoms with E-state index in [0.29, 0.717) is 6.54 Å². The largest absolute Gasteiger partial charge is 0.305 e. The Kier molecular flexibility index (Phi) is 4.66. The first kappa shape index (κ1) is 17.9. The molecule has 0 radical (unpaired) electrons. The fourth-order valence-corrected chi connectivity index (χ4v) is 3.75. The summed E-state index contributed by atoms with van der Waals surface area (Å²) in [6.45, 7) is 6.35. The summed E-state index contributed by atoms with van der Waals surface area (Å²) in [7, 11) is 2.04. The highest BCUT2D eigenvalue weighted by Crippen LogP contribution is 2.28. The summed E-state index contributed by atoms with van der Waals surface area (Å²) in [6.07, 6.45) is 1.77. The van der Waals surface area contributed by atoms with E-state index in [0.717, 1.165) is 38.6 Å². The Bertz CT molecular complexity index is 1140. The Morgan fingerprint density at radius 2 is 1.46 bits per heavy atom. The number of hydrogen-bond acceptors (Lipinski definition) is 1. The van der Waals surface area contributed by atoms with Gasteiger partial charge in [0.2, 0.25) is 11.0 Å². The van der Waals surface area contributed by atoms with Crippen LogP contribution in [0.15, 0.2) is 85.5 Å². The summed E-state index contributed by atoms with van der Waals surface area (Å²) in [6, 6.07) is 24.2. The van der Waals surface area contributed by atoms with E-state index in [1.807, 2.05) is 74.6 Å². The van der Waals surface area contributed by atoms with Crippen molar-refractivity contribution in [2.75, 3.05) is 11.4 Å². The van der Waals surface area contributed by atoms with E-state index in [4.69, 9.17) is 0 Å². The number of aromatic nitrogens is 1. The highest BCUT2D eigenvalue weighted by Gasteiger charge is 2.26. The molecule has 0 aliphatic carbocycles. The number of rotatable bonds is 4. The molecule has 138 valence electrons. The highest BCUT2D eigenvalue weighted by molar-refractivity contribution is 6.20. The van der Waals surface area contributed by atoms with Gasteiger partial charge in [0.25, 0.3) is 5.91 Å². The summed E-state index contributed by atoms with van der Waals surface area (Å²) in [5.74, 6) is -0.0169. The first-order valence-corrected chi connectivity index (χ1v) is 9.40. The van der Waals surface area contributed by atoms with Crippen molar-refractivity contribution >= 4 is 33.4 Å². The fourth-order valence-electron chi connectivity index (χ4n) is 3.75. The standard InChI is InChI=1S/C25H23N2O/c1-4-17-27(19-15-13-18(2)14-16-19)25(28)24-20-9-5-7-11-22(20)26(3)23-12-8-6-10-21(23)24/h4-16H,1,17H2,2-3H3/q+1. The van der Waals surface area contributed by atoms with Gasteiger partial charge >= 0.3 is 0 Å². The summed E-state index contributed by atoms with van der Waals surface area (Å²) >= 11 is 0. The molecule has 0 aliphatic heterocycles. The van der Waals surface area contributed by atoms with Crippen LogP contribution in [0.4, 0.5) is 5.69 Å². The number of para-hydroxylation sites is 2. The van der Waals surface area contributed by atoms with Crippen LogP contribution in [-0.4, -0.2) is 12.5 Å². The molecule has 0 bridgehead atoms. The number of fused-ring (bicyclic) bond motifs is 2. The Labute approximate surface area is 165 Å². The van der Waals surface area contributed by atoms with Gasteiger partial charge in [0, 0.05) is 24.4 Å². The second kappa shape index (κ2) is 7.28. The number of anilines is 1. The molecule has 0 N–H and O–H groups in total. The Morgan fingerprint density at radius 1 is 0.929 bits per heavy atom. The molecular weight excluding hydrogens is 344 g/mol. The third-order valence-electron chi connectivity index (χ3n) is 5.19. The minimum Gasteiger partial charge on any atom is -0.305 e. The van der Waals surface area contributed by atoms with Gasteiger partial charge in [0.15, 0.2) is 0 Å². The molecule has 0 atom stereocenters. The Morgan fingerprint density at radius 3 is 2.00 bits per heavy atom. The molecule has 28 heavy (non-hydrogen) atoms. The first-order valence-electron chi connectivity index (χ1n) is 9.40. The van der Waals surface area contributed by atoms with Crippen LogP contribution in [0.25, 0.3) is 21.8 Å². The zero-order valence-corrected chi connectivity index (χ0v) is 16.2. The van der Waals surface area contributed by atoms with Crippen LogP contribution in [0, 0.1) is 6.92 Å². The maximum atomic E-state index is 13.8. The zero-order chi connectivity index (χ0) is 19.7. The fraction of sp³-hybridized carbons (Fsp3) is 0.120. The molecule has 4 aromatic rings. The Balaban J connectivity index is 2.00. The lowest BCUT2D eigenvalue weighted by Crippen LogP contribution is -2.35. The van der Waals surface area contributed by atoms with Crippen molar-refractivity contribution in [2.45, 2.75) is 6.92 Å². The van der Waals surface area contributed by atoms with Gasteiger partial charge in [0.05, 0.1) is 16.3 Å². The van der Waals surface area contributed by atoms with Crippen molar-refractivity contribution < 1.29 is 9.36 Å². The zero-order valence-electron chi connectivity index (χ0n) is 16.2. The van der Waals surface area contributed by atoms with Crippen molar-refractivity contribution in [2.24, 2.45) is 7.05 Å². The number of pyridine rings is 1. The molecule has 3 heteroatoms. The normalized spacial score (nSPS) is 10.9. The van der Waals surface area contributed by atoms with Gasteiger partial charge in [-0.2, -0.15) is 4.57 Å². The van der Waals surface area contributed by atoms with Gasteiger partial charge < -0.3 is 4.90 Å². The van der Waals surface area contributed by atoms with E-state index in [1.54, 1.807) is 11.0 Å². The second-order valence-corrected chi connectivity index (χ2v) is 7.01. The molecule has 0 saturated heterocycles. The lowest BCUT2D eigenvalue weighted by molar-refractivity contribution is -0.617. The molecule has 0 saturated carbocycles. The molecule has 3 aromatic carbocycles. The number of hydrogen-bond donors (Lipinski definition) is 0. The quantitative estimate of drug-likeness (QED) is 0.284. The van der Waals surface area contributed by atoms with E-state index >= 15 is 0 Å². The molecule has 0 unspecified atom stereocenters. The number of amides is 1. The van der Waals surface area contributed by atoms with E-state index in [9.17, 15) is 4.79 Å². The number of carbonyl (C=O) groups is 1. The van der Waals surface area contributed by atoms with Crippen LogP contribution in [0.1, 0.15) is 15.9 Å². The van der Waals surface area contributed by atoms with Crippen LogP contribution in [0.3, 0.4) is 0 Å². The third kappa shape index (κ3) is 2.95. The number of nitrogens with zero attached hydrogens (tertiary/aromatic N) is 2. The van der Waals surface area contributed by atoms with Crippen molar-refractivity contribution in [3.05, 3.63) is 96.6 Å². The minimum absolute atomic E-state index is 0.0169. The molecule has 1 heterocycles. The maximum Gasteiger partial charge on any atom is 0.260 e. The molecule has 1 aromatic heterocycles. The van der Waals surface area contributed by atoms with E-state index in [2.05, 4.69) is 23.3 Å². The molecule has 0 aliphatic rings. The topological polar surface area (TPSA) is 24.2 Å². The summed E-state index contributed by atoms with van der Waals surface area (Å²) in [5, 5.41) is 1.91. The van der Waals surface area contributed by atoms with Gasteiger partial charge in [0.1, 0.15) is 7.05 Å². The molecule has 1 amide bonds. The van der Waals surface area contributed by atoms with E-state index < -0.39 is 0 Å². The van der Waals surface area contributed by atoms with Crippen molar-refractivity contribution in [3.8, 4) is 0 Å². The van der Waals surface area contributed by atoms with Crippen LogP contribution < -0.4 is 9.47 Å². The maximum absolute atomic E-state index is 13.8.